The number of halogens is 3. The van der Waals surface area contributed by atoms with E-state index in [1.807, 2.05) is 0 Å². The van der Waals surface area contributed by atoms with Gasteiger partial charge in [0.2, 0.25) is 5.91 Å². The quantitative estimate of drug-likeness (QED) is 0.799. The van der Waals surface area contributed by atoms with Gasteiger partial charge in [-0.25, -0.2) is 9.69 Å². The number of rotatable bonds is 1. The molecule has 1 atom stereocenters. The summed E-state index contributed by atoms with van der Waals surface area (Å²) < 4.78 is 43.9. The number of hydrogen-bond acceptors (Lipinski definition) is 4. The number of carbonyl (C=O) groups excluding carboxylic acids is 2. The third kappa shape index (κ3) is 2.48. The van der Waals surface area contributed by atoms with E-state index in [4.69, 9.17) is 0 Å². The van der Waals surface area contributed by atoms with Crippen molar-refractivity contribution in [3.63, 3.8) is 0 Å². The molecule has 0 aromatic rings. The lowest BCUT2D eigenvalue weighted by Crippen LogP contribution is -2.48. The van der Waals surface area contributed by atoms with Gasteiger partial charge in [0.25, 0.3) is 0 Å². The molecule has 0 saturated carbocycles. The van der Waals surface area contributed by atoms with Crippen molar-refractivity contribution in [3.8, 4) is 0 Å². The molecule has 0 radical (unpaired) electrons. The predicted octanol–water partition coefficient (Wildman–Crippen LogP) is 1.68. The summed E-state index contributed by atoms with van der Waals surface area (Å²) in [5.41, 5.74) is -1.09. The molecule has 2 heterocycles. The SMILES string of the molecule is CCOC(=O)N1C(=O)C2(CCNCC2)CC1C(F)(F)F. The molecule has 2 saturated heterocycles. The maximum absolute atomic E-state index is 13.1. The number of nitrogens with zero attached hydrogens (tertiary/aromatic N) is 1. The number of alkyl halides is 3. The minimum absolute atomic E-state index is 0.0677. The Balaban J connectivity index is 2.31. The molecule has 2 amide bonds. The topological polar surface area (TPSA) is 58.6 Å². The number of imide groups is 1. The second-order valence-corrected chi connectivity index (χ2v) is 5.17. The second-order valence-electron chi connectivity index (χ2n) is 5.17. The van der Waals surface area contributed by atoms with Gasteiger partial charge in [-0.1, -0.05) is 0 Å². The molecular weight excluding hydrogens is 277 g/mol. The molecule has 8 heteroatoms. The van der Waals surface area contributed by atoms with Gasteiger partial charge in [-0.2, -0.15) is 13.2 Å². The molecule has 0 bridgehead atoms. The first-order valence-corrected chi connectivity index (χ1v) is 6.60. The molecule has 2 rings (SSSR count). The second kappa shape index (κ2) is 5.23. The first kappa shape index (κ1) is 15.1. The Bertz CT molecular complexity index is 405. The first-order chi connectivity index (χ1) is 9.32. The van der Waals surface area contributed by atoms with Crippen LogP contribution in [-0.4, -0.2) is 48.8 Å². The van der Waals surface area contributed by atoms with Gasteiger partial charge in [0.05, 0.1) is 12.0 Å². The lowest BCUT2D eigenvalue weighted by Gasteiger charge is -2.31. The van der Waals surface area contributed by atoms with Gasteiger partial charge in [-0.05, 0) is 39.3 Å². The lowest BCUT2D eigenvalue weighted by molar-refractivity contribution is -0.176. The Morgan fingerprint density at radius 1 is 1.45 bits per heavy atom. The normalized spacial score (nSPS) is 26.1. The molecule has 2 aliphatic rings. The van der Waals surface area contributed by atoms with Gasteiger partial charge in [-0.15, -0.1) is 0 Å². The zero-order chi connectivity index (χ0) is 15.0. The third-order valence-electron chi connectivity index (χ3n) is 3.97. The van der Waals surface area contributed by atoms with Crippen molar-refractivity contribution >= 4 is 12.0 Å². The van der Waals surface area contributed by atoms with Crippen LogP contribution in [0.25, 0.3) is 0 Å². The summed E-state index contributed by atoms with van der Waals surface area (Å²) in [7, 11) is 0. The van der Waals surface area contributed by atoms with E-state index in [2.05, 4.69) is 10.1 Å². The van der Waals surface area contributed by atoms with E-state index in [1.54, 1.807) is 0 Å². The van der Waals surface area contributed by atoms with Gasteiger partial charge in [0.1, 0.15) is 6.04 Å². The predicted molar refractivity (Wildman–Crippen MR) is 62.9 cm³/mol. The Kier molecular flexibility index (Phi) is 3.95. The molecule has 1 N–H and O–H groups in total. The largest absolute Gasteiger partial charge is 0.449 e. The van der Waals surface area contributed by atoms with Crippen LogP contribution in [-0.2, 0) is 9.53 Å². The Hall–Kier alpha value is -1.31. The maximum atomic E-state index is 13.1. The van der Waals surface area contributed by atoms with Gasteiger partial charge < -0.3 is 10.1 Å². The van der Waals surface area contributed by atoms with Crippen LogP contribution in [0.5, 0.6) is 0 Å². The number of carbonyl (C=O) groups is 2. The van der Waals surface area contributed by atoms with Crippen LogP contribution < -0.4 is 5.32 Å². The summed E-state index contributed by atoms with van der Waals surface area (Å²) in [5.74, 6) is -0.750. The minimum Gasteiger partial charge on any atom is -0.449 e. The molecule has 0 aromatic carbocycles. The summed E-state index contributed by atoms with van der Waals surface area (Å²) >= 11 is 0. The Morgan fingerprint density at radius 3 is 2.55 bits per heavy atom. The molecule has 114 valence electrons. The summed E-state index contributed by atoms with van der Waals surface area (Å²) in [4.78, 5) is 24.3. The highest BCUT2D eigenvalue weighted by molar-refractivity contribution is 5.98. The van der Waals surface area contributed by atoms with Crippen LogP contribution in [0.2, 0.25) is 0 Å². The molecule has 2 fully saturated rings. The van der Waals surface area contributed by atoms with Crippen molar-refractivity contribution in [1.82, 2.24) is 10.2 Å². The smallest absolute Gasteiger partial charge is 0.417 e. The van der Waals surface area contributed by atoms with E-state index in [1.165, 1.54) is 6.92 Å². The fraction of sp³-hybridized carbons (Fsp3) is 0.833. The zero-order valence-corrected chi connectivity index (χ0v) is 11.1. The summed E-state index contributed by atoms with van der Waals surface area (Å²) in [6, 6.07) is -2.08. The monoisotopic (exact) mass is 294 g/mol. The number of amides is 2. The fourth-order valence-corrected chi connectivity index (χ4v) is 2.93. The summed E-state index contributed by atoms with van der Waals surface area (Å²) in [6.45, 7) is 2.38. The van der Waals surface area contributed by atoms with Crippen LogP contribution >= 0.6 is 0 Å². The van der Waals surface area contributed by atoms with Crippen LogP contribution in [0.3, 0.4) is 0 Å². The molecule has 0 aliphatic carbocycles. The van der Waals surface area contributed by atoms with E-state index in [9.17, 15) is 22.8 Å². The van der Waals surface area contributed by atoms with Crippen molar-refractivity contribution in [1.29, 1.82) is 0 Å². The molecule has 5 nitrogen and oxygen atoms in total. The first-order valence-electron chi connectivity index (χ1n) is 6.60. The van der Waals surface area contributed by atoms with Gasteiger partial charge in [0, 0.05) is 0 Å². The minimum atomic E-state index is -4.63. The molecule has 2 aliphatic heterocycles. The fourth-order valence-electron chi connectivity index (χ4n) is 2.93. The van der Waals surface area contributed by atoms with E-state index >= 15 is 0 Å². The zero-order valence-electron chi connectivity index (χ0n) is 11.1. The summed E-state index contributed by atoms with van der Waals surface area (Å²) in [5, 5.41) is 3.01. The maximum Gasteiger partial charge on any atom is 0.417 e. The highest BCUT2D eigenvalue weighted by atomic mass is 19.4. The summed E-state index contributed by atoms with van der Waals surface area (Å²) in [6.07, 6.45) is -5.56. The van der Waals surface area contributed by atoms with E-state index in [-0.39, 0.29) is 17.9 Å². The van der Waals surface area contributed by atoms with E-state index < -0.39 is 29.6 Å². The van der Waals surface area contributed by atoms with Crippen LogP contribution in [0, 0.1) is 5.41 Å². The average molecular weight is 294 g/mol. The standard InChI is InChI=1S/C12H17F3N2O3/c1-2-20-10(19)17-8(12(13,14)15)7-11(9(17)18)3-5-16-6-4-11/h8,16H,2-7H2,1H3. The number of hydrogen-bond donors (Lipinski definition) is 1. The van der Waals surface area contributed by atoms with Crippen molar-refractivity contribution in [2.75, 3.05) is 19.7 Å². The van der Waals surface area contributed by atoms with Crippen molar-refractivity contribution in [3.05, 3.63) is 0 Å². The van der Waals surface area contributed by atoms with Crippen LogP contribution in [0.15, 0.2) is 0 Å². The van der Waals surface area contributed by atoms with Crippen molar-refractivity contribution < 1.29 is 27.5 Å². The molecule has 20 heavy (non-hydrogen) atoms. The Labute approximate surface area is 114 Å². The number of nitrogens with one attached hydrogen (secondary N) is 1. The van der Waals surface area contributed by atoms with Gasteiger partial charge in [0.15, 0.2) is 0 Å². The molecular formula is C12H17F3N2O3. The van der Waals surface area contributed by atoms with Crippen LogP contribution in [0.1, 0.15) is 26.2 Å². The number of piperidine rings is 1. The lowest BCUT2D eigenvalue weighted by atomic mass is 9.76. The molecule has 1 unspecified atom stereocenters. The van der Waals surface area contributed by atoms with Crippen molar-refractivity contribution in [2.24, 2.45) is 5.41 Å². The van der Waals surface area contributed by atoms with Gasteiger partial charge in [-0.3, -0.25) is 4.79 Å². The van der Waals surface area contributed by atoms with E-state index in [0.29, 0.717) is 25.9 Å². The molecule has 0 aromatic heterocycles. The number of likely N-dealkylation sites (tertiary alicyclic amines) is 1. The third-order valence-corrected chi connectivity index (χ3v) is 3.97. The average Bonchev–Trinajstić information content (AvgIpc) is 2.65. The van der Waals surface area contributed by atoms with E-state index in [0.717, 1.165) is 0 Å². The molecule has 1 spiro atoms. The van der Waals surface area contributed by atoms with Crippen LogP contribution in [0.4, 0.5) is 18.0 Å². The number of ether oxygens (including phenoxy) is 1. The van der Waals surface area contributed by atoms with Gasteiger partial charge >= 0.3 is 12.3 Å². The van der Waals surface area contributed by atoms with Crippen molar-refractivity contribution in [2.45, 2.75) is 38.4 Å². The Morgan fingerprint density at radius 2 is 2.05 bits per heavy atom. The highest BCUT2D eigenvalue weighted by Gasteiger charge is 2.62. The highest BCUT2D eigenvalue weighted by Crippen LogP contribution is 2.47.